The van der Waals surface area contributed by atoms with Crippen molar-refractivity contribution in [2.75, 3.05) is 5.32 Å². The van der Waals surface area contributed by atoms with E-state index in [1.54, 1.807) is 4.68 Å². The molecule has 3 heterocycles. The first-order chi connectivity index (χ1) is 11.9. The zero-order valence-corrected chi connectivity index (χ0v) is 14.7. The summed E-state index contributed by atoms with van der Waals surface area (Å²) in [6.45, 7) is 4.01. The topological polar surface area (TPSA) is 59.8 Å². The Bertz CT molecular complexity index is 1130. The van der Waals surface area contributed by atoms with Crippen LogP contribution in [0.3, 0.4) is 0 Å². The van der Waals surface area contributed by atoms with Gasteiger partial charge in [0.25, 0.3) is 5.91 Å². The number of halogens is 1. The summed E-state index contributed by atoms with van der Waals surface area (Å²) >= 11 is 1.51. The Morgan fingerprint density at radius 2 is 1.96 bits per heavy atom. The van der Waals surface area contributed by atoms with Gasteiger partial charge in [-0.3, -0.25) is 9.48 Å². The number of carbonyl (C=O) groups excluding carboxylic acids is 1. The normalized spacial score (nSPS) is 11.4. The van der Waals surface area contributed by atoms with Gasteiger partial charge in [0.2, 0.25) is 0 Å². The van der Waals surface area contributed by atoms with Gasteiger partial charge in [-0.2, -0.15) is 5.10 Å². The number of benzene rings is 1. The van der Waals surface area contributed by atoms with E-state index in [0.717, 1.165) is 31.7 Å². The minimum absolute atomic E-state index is 0.321. The van der Waals surface area contributed by atoms with Crippen LogP contribution in [0, 0.1) is 19.7 Å². The third-order valence-electron chi connectivity index (χ3n) is 4.09. The van der Waals surface area contributed by atoms with Crippen LogP contribution < -0.4 is 5.32 Å². The maximum Gasteiger partial charge on any atom is 0.256 e. The summed E-state index contributed by atoms with van der Waals surface area (Å²) in [4.78, 5) is 17.9. The van der Waals surface area contributed by atoms with Gasteiger partial charge in [-0.1, -0.05) is 0 Å². The van der Waals surface area contributed by atoms with Crippen molar-refractivity contribution in [2.24, 2.45) is 7.05 Å². The summed E-state index contributed by atoms with van der Waals surface area (Å²) in [7, 11) is 1.85. The number of hydrogen-bond donors (Lipinski definition) is 1. The van der Waals surface area contributed by atoms with Crippen molar-refractivity contribution in [3.8, 4) is 0 Å². The predicted octanol–water partition coefficient (Wildman–Crippen LogP) is 4.19. The van der Waals surface area contributed by atoms with E-state index in [0.29, 0.717) is 11.4 Å². The van der Waals surface area contributed by atoms with Crippen LogP contribution >= 0.6 is 11.3 Å². The molecule has 0 radical (unpaired) electrons. The van der Waals surface area contributed by atoms with Crippen molar-refractivity contribution in [3.63, 3.8) is 0 Å². The molecule has 1 amide bonds. The molecule has 1 N–H and O–H groups in total. The van der Waals surface area contributed by atoms with Crippen LogP contribution in [0.1, 0.15) is 21.6 Å². The number of nitrogens with zero attached hydrogens (tertiary/aromatic N) is 3. The highest BCUT2D eigenvalue weighted by atomic mass is 32.1. The fourth-order valence-corrected chi connectivity index (χ4v) is 4.26. The minimum Gasteiger partial charge on any atom is -0.304 e. The highest BCUT2D eigenvalue weighted by Gasteiger charge is 2.19. The lowest BCUT2D eigenvalue weighted by Crippen LogP contribution is -2.12. The molecule has 0 atom stereocenters. The molecule has 0 aliphatic carbocycles. The molecule has 0 spiro atoms. The summed E-state index contributed by atoms with van der Waals surface area (Å²) in [6, 6.07) is 7.46. The Kier molecular flexibility index (Phi) is 3.54. The van der Waals surface area contributed by atoms with E-state index >= 15 is 0 Å². The number of nitrogens with one attached hydrogen (secondary N) is 1. The van der Waals surface area contributed by atoms with Crippen molar-refractivity contribution in [2.45, 2.75) is 13.8 Å². The predicted molar refractivity (Wildman–Crippen MR) is 97.7 cm³/mol. The van der Waals surface area contributed by atoms with Crippen LogP contribution in [0.25, 0.3) is 20.4 Å². The lowest BCUT2D eigenvalue weighted by atomic mass is 10.1. The van der Waals surface area contributed by atoms with E-state index in [1.807, 2.05) is 27.0 Å². The van der Waals surface area contributed by atoms with Crippen LogP contribution in [0.2, 0.25) is 0 Å². The lowest BCUT2D eigenvalue weighted by Gasteiger charge is -2.02. The number of amides is 1. The number of hydrogen-bond acceptors (Lipinski definition) is 4. The number of aryl methyl sites for hydroxylation is 3. The number of carbonyl (C=O) groups is 1. The molecule has 7 heteroatoms. The van der Waals surface area contributed by atoms with Gasteiger partial charge in [-0.15, -0.1) is 11.3 Å². The Labute approximate surface area is 147 Å². The molecular weight excluding hydrogens is 339 g/mol. The van der Waals surface area contributed by atoms with E-state index < -0.39 is 0 Å². The first-order valence-corrected chi connectivity index (χ1v) is 8.56. The first-order valence-electron chi connectivity index (χ1n) is 7.74. The van der Waals surface area contributed by atoms with Crippen LogP contribution in [-0.2, 0) is 7.05 Å². The number of rotatable bonds is 2. The molecule has 0 bridgehead atoms. The molecule has 1 aromatic carbocycles. The second-order valence-corrected chi connectivity index (χ2v) is 6.97. The van der Waals surface area contributed by atoms with E-state index in [1.165, 1.54) is 35.6 Å². The summed E-state index contributed by atoms with van der Waals surface area (Å²) in [5, 5.41) is 8.32. The molecule has 5 nitrogen and oxygen atoms in total. The second-order valence-electron chi connectivity index (χ2n) is 5.97. The van der Waals surface area contributed by atoms with Gasteiger partial charge in [0.05, 0.1) is 10.2 Å². The molecule has 126 valence electrons. The average molecular weight is 354 g/mol. The Hall–Kier alpha value is -2.80. The van der Waals surface area contributed by atoms with Crippen LogP contribution in [0.4, 0.5) is 10.2 Å². The Balaban J connectivity index is 1.81. The number of pyridine rings is 1. The monoisotopic (exact) mass is 354 g/mol. The minimum atomic E-state index is -0.377. The molecule has 0 saturated carbocycles. The van der Waals surface area contributed by atoms with Crippen molar-refractivity contribution in [1.82, 2.24) is 14.8 Å². The SMILES string of the molecule is Cc1cc(C)c2c(n1)sc1c(NC(=O)c3ccc(F)cc3)nn(C)c12. The van der Waals surface area contributed by atoms with Crippen LogP contribution in [-0.4, -0.2) is 20.7 Å². The molecule has 0 aliphatic heterocycles. The van der Waals surface area contributed by atoms with Crippen molar-refractivity contribution in [3.05, 3.63) is 53.0 Å². The highest BCUT2D eigenvalue weighted by Crippen LogP contribution is 2.38. The van der Waals surface area contributed by atoms with E-state index in [4.69, 9.17) is 0 Å². The fourth-order valence-electron chi connectivity index (χ4n) is 3.00. The quantitative estimate of drug-likeness (QED) is 0.587. The summed E-state index contributed by atoms with van der Waals surface area (Å²) in [5.74, 6) is -0.205. The lowest BCUT2D eigenvalue weighted by molar-refractivity contribution is 0.102. The molecule has 25 heavy (non-hydrogen) atoms. The van der Waals surface area contributed by atoms with Gasteiger partial charge >= 0.3 is 0 Å². The van der Waals surface area contributed by atoms with Gasteiger partial charge in [-0.25, -0.2) is 9.37 Å². The van der Waals surface area contributed by atoms with Gasteiger partial charge in [0, 0.05) is 23.7 Å². The fraction of sp³-hybridized carbons (Fsp3) is 0.167. The molecule has 0 saturated heterocycles. The Morgan fingerprint density at radius 3 is 2.68 bits per heavy atom. The smallest absolute Gasteiger partial charge is 0.256 e. The molecule has 0 aliphatic rings. The second kappa shape index (κ2) is 5.63. The molecule has 4 rings (SSSR count). The third kappa shape index (κ3) is 2.56. The van der Waals surface area contributed by atoms with Crippen molar-refractivity contribution in [1.29, 1.82) is 0 Å². The maximum absolute atomic E-state index is 13.0. The number of fused-ring (bicyclic) bond motifs is 3. The van der Waals surface area contributed by atoms with E-state index in [2.05, 4.69) is 15.4 Å². The molecular formula is C18H15FN4OS. The average Bonchev–Trinajstić information content (AvgIpc) is 3.06. The van der Waals surface area contributed by atoms with Crippen LogP contribution in [0.15, 0.2) is 30.3 Å². The van der Waals surface area contributed by atoms with E-state index in [9.17, 15) is 9.18 Å². The maximum atomic E-state index is 13.0. The number of anilines is 1. The summed E-state index contributed by atoms with van der Waals surface area (Å²) < 4.78 is 15.7. The van der Waals surface area contributed by atoms with E-state index in [-0.39, 0.29) is 11.7 Å². The zero-order valence-electron chi connectivity index (χ0n) is 13.9. The Morgan fingerprint density at radius 1 is 1.24 bits per heavy atom. The van der Waals surface area contributed by atoms with Gasteiger partial charge < -0.3 is 5.32 Å². The van der Waals surface area contributed by atoms with Crippen LogP contribution in [0.5, 0.6) is 0 Å². The number of aromatic nitrogens is 3. The third-order valence-corrected chi connectivity index (χ3v) is 5.17. The molecule has 3 aromatic heterocycles. The zero-order chi connectivity index (χ0) is 17.7. The number of thiophene rings is 1. The first kappa shape index (κ1) is 15.7. The van der Waals surface area contributed by atoms with Gasteiger partial charge in [-0.05, 0) is 49.7 Å². The van der Waals surface area contributed by atoms with Gasteiger partial charge in [0.1, 0.15) is 10.6 Å². The van der Waals surface area contributed by atoms with Crippen molar-refractivity contribution < 1.29 is 9.18 Å². The molecule has 0 fully saturated rings. The largest absolute Gasteiger partial charge is 0.304 e. The van der Waals surface area contributed by atoms with Crippen molar-refractivity contribution >= 4 is 43.5 Å². The standard InChI is InChI=1S/C18H15FN4OS/c1-9-8-10(2)20-18-13(9)14-15(25-18)16(22-23(14)3)21-17(24)11-4-6-12(19)7-5-11/h4-8H,1-3H3,(H,21,22,24). The highest BCUT2D eigenvalue weighted by molar-refractivity contribution is 7.26. The molecule has 0 unspecified atom stereocenters. The molecule has 4 aromatic rings. The summed E-state index contributed by atoms with van der Waals surface area (Å²) in [5.41, 5.74) is 3.43. The van der Waals surface area contributed by atoms with Gasteiger partial charge in [0.15, 0.2) is 5.82 Å². The summed E-state index contributed by atoms with van der Waals surface area (Å²) in [6.07, 6.45) is 0.